The molecule has 0 spiro atoms. The lowest BCUT2D eigenvalue weighted by Crippen LogP contribution is -2.54. The molecule has 0 aromatic heterocycles. The molecule has 0 bridgehead atoms. The fourth-order valence-electron chi connectivity index (χ4n) is 3.07. The van der Waals surface area contributed by atoms with Gasteiger partial charge in [0.25, 0.3) is 5.91 Å². The van der Waals surface area contributed by atoms with Crippen LogP contribution in [0.5, 0.6) is 5.75 Å². The third-order valence-electron chi connectivity index (χ3n) is 4.62. The highest BCUT2D eigenvalue weighted by Crippen LogP contribution is 2.24. The smallest absolute Gasteiger partial charge is 0.261 e. The van der Waals surface area contributed by atoms with E-state index in [1.54, 1.807) is 18.2 Å². The van der Waals surface area contributed by atoms with Gasteiger partial charge in [0.1, 0.15) is 11.8 Å². The van der Waals surface area contributed by atoms with Crippen LogP contribution in [0.4, 0.5) is 0 Å². The Bertz CT molecular complexity index is 908. The maximum Gasteiger partial charge on any atom is 0.261 e. The van der Waals surface area contributed by atoms with Crippen LogP contribution in [0.2, 0.25) is 10.0 Å². The molecule has 0 heterocycles. The molecule has 0 saturated carbocycles. The van der Waals surface area contributed by atoms with E-state index in [0.29, 0.717) is 27.8 Å². The number of halogens is 2. The van der Waals surface area contributed by atoms with Gasteiger partial charge >= 0.3 is 0 Å². The Kier molecular flexibility index (Phi) is 8.78. The van der Waals surface area contributed by atoms with Gasteiger partial charge in [-0.05, 0) is 63.9 Å². The van der Waals surface area contributed by atoms with Crippen LogP contribution in [0.1, 0.15) is 45.2 Å². The topological polar surface area (TPSA) is 58.6 Å². The lowest BCUT2D eigenvalue weighted by atomic mass is 10.1. The fourth-order valence-corrected chi connectivity index (χ4v) is 3.54. The van der Waals surface area contributed by atoms with Crippen LogP contribution >= 0.6 is 23.2 Å². The highest BCUT2D eigenvalue weighted by Gasteiger charge is 2.31. The number of hydrogen-bond donors (Lipinski definition) is 1. The summed E-state index contributed by atoms with van der Waals surface area (Å²) in [5.41, 5.74) is 1.38. The Morgan fingerprint density at radius 2 is 1.74 bits per heavy atom. The molecule has 0 aliphatic rings. The molecule has 7 heteroatoms. The minimum absolute atomic E-state index is 0.169. The first-order chi connectivity index (χ1) is 14.5. The number of aryl methyl sites for hydroxylation is 1. The zero-order valence-corrected chi connectivity index (χ0v) is 20.2. The lowest BCUT2D eigenvalue weighted by molar-refractivity contribution is -0.143. The molecule has 1 N–H and O–H groups in total. The van der Waals surface area contributed by atoms with E-state index >= 15 is 0 Å². The summed E-state index contributed by atoms with van der Waals surface area (Å²) < 4.78 is 5.69. The van der Waals surface area contributed by atoms with E-state index in [2.05, 4.69) is 5.32 Å². The van der Waals surface area contributed by atoms with Crippen LogP contribution in [-0.4, -0.2) is 34.9 Å². The Hall–Kier alpha value is -2.24. The zero-order chi connectivity index (χ0) is 23.2. The summed E-state index contributed by atoms with van der Waals surface area (Å²) in [6.07, 6.45) is 0.448. The normalized spacial score (nSPS) is 12.2. The first-order valence-electron chi connectivity index (χ1n) is 10.2. The summed E-state index contributed by atoms with van der Waals surface area (Å²) in [6.45, 7) is 9.54. The molecule has 0 aliphatic heterocycles. The van der Waals surface area contributed by atoms with E-state index in [1.807, 2.05) is 58.9 Å². The van der Waals surface area contributed by atoms with Gasteiger partial charge in [0.15, 0.2) is 6.61 Å². The molecule has 0 fully saturated rings. The number of rotatable bonds is 8. The van der Waals surface area contributed by atoms with E-state index < -0.39 is 11.6 Å². The summed E-state index contributed by atoms with van der Waals surface area (Å²) in [5.74, 6) is 0.0712. The van der Waals surface area contributed by atoms with Crippen molar-refractivity contribution in [3.05, 3.63) is 63.6 Å². The molecule has 31 heavy (non-hydrogen) atoms. The molecule has 0 unspecified atom stereocenters. The molecule has 5 nitrogen and oxygen atoms in total. The Labute approximate surface area is 194 Å². The number of hydrogen-bond acceptors (Lipinski definition) is 3. The van der Waals surface area contributed by atoms with Crippen molar-refractivity contribution in [3.8, 4) is 5.75 Å². The van der Waals surface area contributed by atoms with Crippen LogP contribution in [0.25, 0.3) is 0 Å². The number of carbonyl (C=O) groups is 2. The van der Waals surface area contributed by atoms with Gasteiger partial charge in [-0.15, -0.1) is 0 Å². The Balaban J connectivity index is 2.27. The number of carbonyl (C=O) groups excluding carboxylic acids is 2. The first-order valence-corrected chi connectivity index (χ1v) is 11.0. The van der Waals surface area contributed by atoms with Crippen molar-refractivity contribution in [1.29, 1.82) is 0 Å². The summed E-state index contributed by atoms with van der Waals surface area (Å²) in [5, 5.41) is 3.91. The second-order valence-electron chi connectivity index (χ2n) is 8.52. The van der Waals surface area contributed by atoms with E-state index in [4.69, 9.17) is 27.9 Å². The van der Waals surface area contributed by atoms with Crippen molar-refractivity contribution >= 4 is 35.0 Å². The van der Waals surface area contributed by atoms with Gasteiger partial charge in [0.05, 0.1) is 0 Å². The fraction of sp³-hybridized carbons (Fsp3) is 0.417. The standard InChI is InChI=1S/C24H30Cl2N2O3/c1-6-21(23(30)27-24(3,4)5)28(14-17-9-10-18(25)13-20(17)26)22(29)15-31-19-11-7-16(2)8-12-19/h7-13,21H,6,14-15H2,1-5H3,(H,27,30)/t21-/m0/s1. The predicted molar refractivity (Wildman–Crippen MR) is 126 cm³/mol. The van der Waals surface area contributed by atoms with Crippen molar-refractivity contribution in [1.82, 2.24) is 10.2 Å². The SMILES string of the molecule is CC[C@@H](C(=O)NC(C)(C)C)N(Cc1ccc(Cl)cc1Cl)C(=O)COc1ccc(C)cc1. The van der Waals surface area contributed by atoms with Crippen LogP contribution in [0.3, 0.4) is 0 Å². The molecule has 2 rings (SSSR count). The third kappa shape index (κ3) is 7.75. The van der Waals surface area contributed by atoms with E-state index in [9.17, 15) is 9.59 Å². The zero-order valence-electron chi connectivity index (χ0n) is 18.7. The van der Waals surface area contributed by atoms with Crippen LogP contribution in [0, 0.1) is 6.92 Å². The van der Waals surface area contributed by atoms with Gasteiger partial charge in [0, 0.05) is 22.1 Å². The molecular formula is C24H30Cl2N2O3. The van der Waals surface area contributed by atoms with Crippen molar-refractivity contribution in [2.45, 2.75) is 59.2 Å². The number of nitrogens with one attached hydrogen (secondary N) is 1. The Morgan fingerprint density at radius 3 is 2.29 bits per heavy atom. The van der Waals surface area contributed by atoms with Crippen molar-refractivity contribution < 1.29 is 14.3 Å². The van der Waals surface area contributed by atoms with Crippen LogP contribution in [-0.2, 0) is 16.1 Å². The number of benzene rings is 2. The highest BCUT2D eigenvalue weighted by atomic mass is 35.5. The molecular weight excluding hydrogens is 435 g/mol. The molecule has 0 radical (unpaired) electrons. The largest absolute Gasteiger partial charge is 0.484 e. The monoisotopic (exact) mass is 464 g/mol. The van der Waals surface area contributed by atoms with Crippen molar-refractivity contribution in [2.75, 3.05) is 6.61 Å². The third-order valence-corrected chi connectivity index (χ3v) is 5.21. The molecule has 2 aromatic rings. The quantitative estimate of drug-likeness (QED) is 0.568. The average molecular weight is 465 g/mol. The molecule has 2 amide bonds. The van der Waals surface area contributed by atoms with Crippen molar-refractivity contribution in [3.63, 3.8) is 0 Å². The maximum absolute atomic E-state index is 13.2. The number of nitrogens with zero attached hydrogens (tertiary/aromatic N) is 1. The molecule has 168 valence electrons. The predicted octanol–water partition coefficient (Wildman–Crippen LogP) is 5.40. The highest BCUT2D eigenvalue weighted by molar-refractivity contribution is 6.35. The molecule has 0 aliphatic carbocycles. The lowest BCUT2D eigenvalue weighted by Gasteiger charge is -2.33. The van der Waals surface area contributed by atoms with Gasteiger partial charge < -0.3 is 15.0 Å². The second-order valence-corrected chi connectivity index (χ2v) is 9.37. The van der Waals surface area contributed by atoms with Gasteiger partial charge in [-0.2, -0.15) is 0 Å². The summed E-state index contributed by atoms with van der Waals surface area (Å²) in [4.78, 5) is 27.7. The summed E-state index contributed by atoms with van der Waals surface area (Å²) in [7, 11) is 0. The van der Waals surface area contributed by atoms with E-state index in [1.165, 1.54) is 4.90 Å². The van der Waals surface area contributed by atoms with Gasteiger partial charge in [-0.1, -0.05) is 53.9 Å². The minimum atomic E-state index is -0.667. The molecule has 0 saturated heterocycles. The van der Waals surface area contributed by atoms with Crippen molar-refractivity contribution in [2.24, 2.45) is 0 Å². The summed E-state index contributed by atoms with van der Waals surface area (Å²) >= 11 is 12.4. The Morgan fingerprint density at radius 1 is 1.10 bits per heavy atom. The number of ether oxygens (including phenoxy) is 1. The van der Waals surface area contributed by atoms with E-state index in [-0.39, 0.29) is 25.0 Å². The minimum Gasteiger partial charge on any atom is -0.484 e. The van der Waals surface area contributed by atoms with Crippen LogP contribution in [0.15, 0.2) is 42.5 Å². The van der Waals surface area contributed by atoms with Gasteiger partial charge in [-0.3, -0.25) is 9.59 Å². The molecule has 1 atom stereocenters. The average Bonchev–Trinajstić information content (AvgIpc) is 2.67. The van der Waals surface area contributed by atoms with Gasteiger partial charge in [0.2, 0.25) is 5.91 Å². The molecule has 2 aromatic carbocycles. The summed E-state index contributed by atoms with van der Waals surface area (Å²) in [6, 6.07) is 11.9. The van der Waals surface area contributed by atoms with Crippen LogP contribution < -0.4 is 10.1 Å². The maximum atomic E-state index is 13.2. The first kappa shape index (κ1) is 25.0. The second kappa shape index (κ2) is 10.9. The van der Waals surface area contributed by atoms with Gasteiger partial charge in [-0.25, -0.2) is 0 Å². The van der Waals surface area contributed by atoms with E-state index in [0.717, 1.165) is 5.56 Å². The number of amides is 2.